The van der Waals surface area contributed by atoms with Crippen molar-refractivity contribution in [2.75, 3.05) is 32.7 Å². The number of fused-ring (bicyclic) bond motifs is 1. The van der Waals surface area contributed by atoms with Crippen LogP contribution < -0.4 is 14.8 Å². The summed E-state index contributed by atoms with van der Waals surface area (Å²) in [7, 11) is 3.23. The van der Waals surface area contributed by atoms with E-state index in [1.54, 1.807) is 20.4 Å². The van der Waals surface area contributed by atoms with Crippen LogP contribution in [0, 0.1) is 0 Å². The SMILES string of the molecule is COc1ccc(CNc2nccn3c([C@@H]4CC[C@@](CO)(Cc5ccccc5)N(C(=O)O)C4)nc(Br)c23)c(OC)c1. The number of ether oxygens (including phenoxy) is 2. The number of likely N-dealkylation sites (tertiary alicyclic amines) is 1. The van der Waals surface area contributed by atoms with Gasteiger partial charge in [-0.05, 0) is 52.9 Å². The highest BCUT2D eigenvalue weighted by molar-refractivity contribution is 9.10. The molecule has 11 heteroatoms. The second kappa shape index (κ2) is 11.7. The molecular formula is C29H32BrN5O5. The van der Waals surface area contributed by atoms with Crippen LogP contribution >= 0.6 is 15.9 Å². The number of hydrogen-bond donors (Lipinski definition) is 3. The van der Waals surface area contributed by atoms with Gasteiger partial charge in [-0.1, -0.05) is 30.3 Å². The first-order valence-corrected chi connectivity index (χ1v) is 13.8. The van der Waals surface area contributed by atoms with Crippen molar-refractivity contribution in [2.45, 2.75) is 37.3 Å². The van der Waals surface area contributed by atoms with Crippen molar-refractivity contribution in [3.63, 3.8) is 0 Å². The maximum absolute atomic E-state index is 12.5. The van der Waals surface area contributed by atoms with Crippen molar-refractivity contribution in [1.82, 2.24) is 19.3 Å². The van der Waals surface area contributed by atoms with Gasteiger partial charge < -0.3 is 25.0 Å². The number of rotatable bonds is 9. The van der Waals surface area contributed by atoms with Crippen LogP contribution in [0.4, 0.5) is 10.6 Å². The number of halogens is 1. The number of piperidine rings is 1. The molecule has 0 spiro atoms. The summed E-state index contributed by atoms with van der Waals surface area (Å²) in [6.07, 6.45) is 4.12. The number of carboxylic acid groups (broad SMARTS) is 1. The minimum absolute atomic E-state index is 0.165. The molecule has 1 amide bonds. The smallest absolute Gasteiger partial charge is 0.407 e. The van der Waals surface area contributed by atoms with Gasteiger partial charge in [-0.2, -0.15) is 0 Å². The minimum Gasteiger partial charge on any atom is -0.497 e. The Hall–Kier alpha value is -3.83. The molecule has 0 bridgehead atoms. The second-order valence-electron chi connectivity index (χ2n) is 9.96. The first-order valence-electron chi connectivity index (χ1n) is 13.0. The molecule has 1 fully saturated rings. The molecule has 2 atom stereocenters. The molecule has 5 rings (SSSR count). The van der Waals surface area contributed by atoms with Gasteiger partial charge in [0, 0.05) is 43.0 Å². The Morgan fingerprint density at radius 3 is 2.70 bits per heavy atom. The van der Waals surface area contributed by atoms with Crippen LogP contribution in [0.15, 0.2) is 65.5 Å². The highest BCUT2D eigenvalue weighted by atomic mass is 79.9. The molecule has 1 aliphatic heterocycles. The predicted octanol–water partition coefficient (Wildman–Crippen LogP) is 4.95. The van der Waals surface area contributed by atoms with E-state index in [4.69, 9.17) is 14.5 Å². The highest BCUT2D eigenvalue weighted by Crippen LogP contribution is 2.39. The fraction of sp³-hybridized carbons (Fsp3) is 0.345. The predicted molar refractivity (Wildman–Crippen MR) is 154 cm³/mol. The molecule has 3 heterocycles. The molecular weight excluding hydrogens is 578 g/mol. The first-order chi connectivity index (χ1) is 19.4. The van der Waals surface area contributed by atoms with E-state index in [2.05, 4.69) is 26.2 Å². The number of nitrogens with one attached hydrogen (secondary N) is 1. The van der Waals surface area contributed by atoms with E-state index in [0.717, 1.165) is 22.5 Å². The van der Waals surface area contributed by atoms with Crippen LogP contribution in [0.3, 0.4) is 0 Å². The van der Waals surface area contributed by atoms with Gasteiger partial charge in [-0.15, -0.1) is 0 Å². The number of methoxy groups -OCH3 is 2. The third-order valence-electron chi connectivity index (χ3n) is 7.68. The number of aliphatic hydroxyl groups is 1. The number of imidazole rings is 1. The summed E-state index contributed by atoms with van der Waals surface area (Å²) in [5, 5.41) is 24.0. The Bertz CT molecular complexity index is 1500. The van der Waals surface area contributed by atoms with Crippen molar-refractivity contribution < 1.29 is 24.5 Å². The van der Waals surface area contributed by atoms with Gasteiger partial charge in [0.25, 0.3) is 0 Å². The largest absolute Gasteiger partial charge is 0.497 e. The molecule has 1 saturated heterocycles. The van der Waals surface area contributed by atoms with Gasteiger partial charge >= 0.3 is 6.09 Å². The van der Waals surface area contributed by atoms with E-state index in [0.29, 0.717) is 47.7 Å². The third-order valence-corrected chi connectivity index (χ3v) is 8.23. The van der Waals surface area contributed by atoms with Gasteiger partial charge in [-0.25, -0.2) is 14.8 Å². The average molecular weight is 611 g/mol. The van der Waals surface area contributed by atoms with E-state index in [1.807, 2.05) is 59.1 Å². The van der Waals surface area contributed by atoms with Crippen LogP contribution in [-0.2, 0) is 13.0 Å². The van der Waals surface area contributed by atoms with E-state index in [9.17, 15) is 15.0 Å². The lowest BCUT2D eigenvalue weighted by molar-refractivity contribution is 0.000507. The molecule has 2 aromatic carbocycles. The van der Waals surface area contributed by atoms with Crippen LogP contribution in [0.1, 0.15) is 35.7 Å². The van der Waals surface area contributed by atoms with Gasteiger partial charge in [0.05, 0.1) is 26.4 Å². The summed E-state index contributed by atoms with van der Waals surface area (Å²) < 4.78 is 13.4. The van der Waals surface area contributed by atoms with Crippen molar-refractivity contribution in [3.05, 3.63) is 82.5 Å². The minimum atomic E-state index is -1.05. The van der Waals surface area contributed by atoms with Gasteiger partial charge in [0.1, 0.15) is 27.4 Å². The Morgan fingerprint density at radius 2 is 2.00 bits per heavy atom. The van der Waals surface area contributed by atoms with Crippen molar-refractivity contribution >= 4 is 33.4 Å². The van der Waals surface area contributed by atoms with E-state index < -0.39 is 11.6 Å². The number of aromatic nitrogens is 3. The van der Waals surface area contributed by atoms with E-state index in [1.165, 1.54) is 4.90 Å². The maximum atomic E-state index is 12.5. The summed E-state index contributed by atoms with van der Waals surface area (Å²) in [6.45, 7) is 0.434. The molecule has 210 valence electrons. The normalized spacial score (nSPS) is 19.0. The fourth-order valence-corrected chi connectivity index (χ4v) is 6.13. The second-order valence-corrected chi connectivity index (χ2v) is 10.7. The molecule has 2 aromatic heterocycles. The van der Waals surface area contributed by atoms with E-state index >= 15 is 0 Å². The summed E-state index contributed by atoms with van der Waals surface area (Å²) in [5.74, 6) is 2.62. The fourth-order valence-electron chi connectivity index (χ4n) is 5.57. The number of carbonyl (C=O) groups is 1. The Kier molecular flexibility index (Phi) is 8.13. The van der Waals surface area contributed by atoms with Crippen LogP contribution in [-0.4, -0.2) is 68.5 Å². The number of aliphatic hydroxyl groups excluding tert-OH is 1. The van der Waals surface area contributed by atoms with Crippen LogP contribution in [0.25, 0.3) is 5.52 Å². The average Bonchev–Trinajstić information content (AvgIpc) is 3.33. The Balaban J connectivity index is 1.41. The summed E-state index contributed by atoms with van der Waals surface area (Å²) in [4.78, 5) is 23.2. The molecule has 40 heavy (non-hydrogen) atoms. The van der Waals surface area contributed by atoms with E-state index in [-0.39, 0.29) is 19.1 Å². The zero-order valence-electron chi connectivity index (χ0n) is 22.4. The molecule has 4 aromatic rings. The van der Waals surface area contributed by atoms with Crippen LogP contribution in [0.2, 0.25) is 0 Å². The highest BCUT2D eigenvalue weighted by Gasteiger charge is 2.45. The molecule has 0 unspecified atom stereocenters. The topological polar surface area (TPSA) is 121 Å². The summed E-state index contributed by atoms with van der Waals surface area (Å²) >= 11 is 3.61. The lowest BCUT2D eigenvalue weighted by atomic mass is 9.78. The number of hydrogen-bond acceptors (Lipinski definition) is 7. The van der Waals surface area contributed by atoms with Crippen molar-refractivity contribution in [3.8, 4) is 11.5 Å². The lowest BCUT2D eigenvalue weighted by Gasteiger charge is -2.47. The zero-order chi connectivity index (χ0) is 28.3. The Labute approximate surface area is 240 Å². The molecule has 3 N–H and O–H groups in total. The van der Waals surface area contributed by atoms with Crippen molar-refractivity contribution in [2.24, 2.45) is 0 Å². The standard InChI is InChI=1S/C29H32BrN5O5/c1-39-22-9-8-20(23(14-22)40-2)16-32-26-24-25(30)33-27(34(24)13-12-31-26)21-10-11-29(18-36,35(17-21)28(37)38)15-19-6-4-3-5-7-19/h3-9,12-14,21,36H,10-11,15-18H2,1-2H3,(H,31,32)(H,37,38)/t21-,29+/m1/s1. The van der Waals surface area contributed by atoms with Crippen molar-refractivity contribution in [1.29, 1.82) is 0 Å². The Morgan fingerprint density at radius 1 is 1.20 bits per heavy atom. The maximum Gasteiger partial charge on any atom is 0.407 e. The van der Waals surface area contributed by atoms with Crippen LogP contribution in [0.5, 0.6) is 11.5 Å². The lowest BCUT2D eigenvalue weighted by Crippen LogP contribution is -2.59. The third kappa shape index (κ3) is 5.31. The molecule has 10 nitrogen and oxygen atoms in total. The zero-order valence-corrected chi connectivity index (χ0v) is 24.0. The molecule has 0 aliphatic carbocycles. The number of benzene rings is 2. The monoisotopic (exact) mass is 609 g/mol. The number of nitrogens with zero attached hydrogens (tertiary/aromatic N) is 4. The quantitative estimate of drug-likeness (QED) is 0.244. The summed E-state index contributed by atoms with van der Waals surface area (Å²) in [6, 6.07) is 15.4. The molecule has 0 saturated carbocycles. The summed E-state index contributed by atoms with van der Waals surface area (Å²) in [5.41, 5.74) is 1.80. The number of amides is 1. The number of anilines is 1. The molecule has 1 aliphatic rings. The molecule has 0 radical (unpaired) electrons. The first kappa shape index (κ1) is 27.7. The van der Waals surface area contributed by atoms with Gasteiger partial charge in [-0.3, -0.25) is 9.30 Å². The van der Waals surface area contributed by atoms with Gasteiger partial charge in [0.2, 0.25) is 0 Å². The van der Waals surface area contributed by atoms with Gasteiger partial charge in [0.15, 0.2) is 5.82 Å².